The molecule has 0 bridgehead atoms. The monoisotopic (exact) mass is 307 g/mol. The molecule has 0 unspecified atom stereocenters. The van der Waals surface area contributed by atoms with E-state index in [1.165, 1.54) is 5.56 Å². The van der Waals surface area contributed by atoms with Gasteiger partial charge in [0.2, 0.25) is 0 Å². The van der Waals surface area contributed by atoms with Gasteiger partial charge < -0.3 is 4.90 Å². The van der Waals surface area contributed by atoms with Gasteiger partial charge in [0.15, 0.2) is 0 Å². The second-order valence-electron chi connectivity index (χ2n) is 5.64. The van der Waals surface area contributed by atoms with E-state index in [1.54, 1.807) is 12.1 Å². The lowest BCUT2D eigenvalue weighted by molar-refractivity contribution is -0.137. The van der Waals surface area contributed by atoms with Crippen LogP contribution in [0.1, 0.15) is 17.5 Å². The van der Waals surface area contributed by atoms with E-state index >= 15 is 0 Å². The predicted octanol–water partition coefficient (Wildman–Crippen LogP) is 4.87. The molecule has 2 aromatic rings. The van der Waals surface area contributed by atoms with Gasteiger partial charge in [0.25, 0.3) is 0 Å². The Hall–Kier alpha value is -1.81. The molecular formula is C18H20F3N. The van der Waals surface area contributed by atoms with Gasteiger partial charge in [0, 0.05) is 0 Å². The lowest BCUT2D eigenvalue weighted by atomic mass is 9.96. The molecule has 0 aliphatic carbocycles. The smallest absolute Gasteiger partial charge is 0.309 e. The average molecular weight is 307 g/mol. The largest absolute Gasteiger partial charge is 0.416 e. The number of rotatable bonds is 5. The molecule has 0 saturated heterocycles. The van der Waals surface area contributed by atoms with Crippen molar-refractivity contribution >= 4 is 0 Å². The number of halogens is 3. The molecule has 0 aliphatic rings. The molecule has 22 heavy (non-hydrogen) atoms. The summed E-state index contributed by atoms with van der Waals surface area (Å²) >= 11 is 0. The molecule has 0 atom stereocenters. The maximum absolute atomic E-state index is 12.6. The highest BCUT2D eigenvalue weighted by Gasteiger charge is 2.30. The van der Waals surface area contributed by atoms with Crippen molar-refractivity contribution in [3.63, 3.8) is 0 Å². The van der Waals surface area contributed by atoms with Crippen LogP contribution in [0.3, 0.4) is 0 Å². The fourth-order valence-electron chi connectivity index (χ4n) is 2.44. The molecule has 0 spiro atoms. The maximum Gasteiger partial charge on any atom is 0.416 e. The van der Waals surface area contributed by atoms with Crippen molar-refractivity contribution in [3.8, 4) is 11.1 Å². The number of benzene rings is 2. The Bertz CT molecular complexity index is 600. The van der Waals surface area contributed by atoms with Crippen LogP contribution in [0, 0.1) is 0 Å². The van der Waals surface area contributed by atoms with Crippen LogP contribution in [-0.2, 0) is 12.6 Å². The molecule has 118 valence electrons. The Labute approximate surface area is 129 Å². The van der Waals surface area contributed by atoms with Gasteiger partial charge in [-0.15, -0.1) is 0 Å². The van der Waals surface area contributed by atoms with Crippen LogP contribution < -0.4 is 0 Å². The molecule has 4 heteroatoms. The third-order valence-corrected chi connectivity index (χ3v) is 3.59. The van der Waals surface area contributed by atoms with Crippen molar-refractivity contribution in [1.29, 1.82) is 0 Å². The van der Waals surface area contributed by atoms with E-state index < -0.39 is 11.7 Å². The standard InChI is InChI=1S/C18H20F3N/c1-22(2)13-5-7-14-6-3-4-8-17(14)15-9-11-16(12-10-15)18(19,20)21/h3-4,6,8-12H,5,7,13H2,1-2H3. The van der Waals surface area contributed by atoms with Gasteiger partial charge in [-0.25, -0.2) is 0 Å². The Morgan fingerprint density at radius 1 is 0.909 bits per heavy atom. The molecule has 0 N–H and O–H groups in total. The summed E-state index contributed by atoms with van der Waals surface area (Å²) in [5.41, 5.74) is 2.40. The van der Waals surface area contributed by atoms with E-state index in [1.807, 2.05) is 38.4 Å². The fraction of sp³-hybridized carbons (Fsp3) is 0.333. The lowest BCUT2D eigenvalue weighted by Crippen LogP contribution is -2.13. The molecule has 1 nitrogen and oxygen atoms in total. The van der Waals surface area contributed by atoms with Gasteiger partial charge in [-0.05, 0) is 62.3 Å². The predicted molar refractivity (Wildman–Crippen MR) is 83.8 cm³/mol. The van der Waals surface area contributed by atoms with Crippen LogP contribution >= 0.6 is 0 Å². The highest BCUT2D eigenvalue weighted by molar-refractivity contribution is 5.67. The zero-order chi connectivity index (χ0) is 16.2. The van der Waals surface area contributed by atoms with Crippen molar-refractivity contribution in [2.24, 2.45) is 0 Å². The first kappa shape index (κ1) is 16.6. The molecule has 0 amide bonds. The average Bonchev–Trinajstić information content (AvgIpc) is 2.47. The molecule has 0 saturated carbocycles. The number of alkyl halides is 3. The van der Waals surface area contributed by atoms with Gasteiger partial charge in [0.1, 0.15) is 0 Å². The van der Waals surface area contributed by atoms with Crippen LogP contribution in [-0.4, -0.2) is 25.5 Å². The topological polar surface area (TPSA) is 3.24 Å². The van der Waals surface area contributed by atoms with Crippen molar-refractivity contribution in [3.05, 3.63) is 59.7 Å². The molecule has 2 aromatic carbocycles. The van der Waals surface area contributed by atoms with E-state index in [9.17, 15) is 13.2 Å². The van der Waals surface area contributed by atoms with Crippen LogP contribution in [0.4, 0.5) is 13.2 Å². The molecule has 0 radical (unpaired) electrons. The maximum atomic E-state index is 12.6. The number of hydrogen-bond acceptors (Lipinski definition) is 1. The van der Waals surface area contributed by atoms with Crippen molar-refractivity contribution in [1.82, 2.24) is 4.90 Å². The highest BCUT2D eigenvalue weighted by atomic mass is 19.4. The first-order chi connectivity index (χ1) is 10.4. The van der Waals surface area contributed by atoms with Gasteiger partial charge >= 0.3 is 6.18 Å². The lowest BCUT2D eigenvalue weighted by Gasteiger charge is -2.13. The molecule has 0 aromatic heterocycles. The first-order valence-corrected chi connectivity index (χ1v) is 7.28. The normalized spacial score (nSPS) is 11.9. The summed E-state index contributed by atoms with van der Waals surface area (Å²) in [6.45, 7) is 0.987. The number of hydrogen-bond donors (Lipinski definition) is 0. The van der Waals surface area contributed by atoms with Crippen LogP contribution in [0.25, 0.3) is 11.1 Å². The summed E-state index contributed by atoms with van der Waals surface area (Å²) in [4.78, 5) is 2.13. The number of nitrogens with zero attached hydrogens (tertiary/aromatic N) is 1. The molecule has 0 fully saturated rings. The van der Waals surface area contributed by atoms with E-state index in [0.717, 1.165) is 42.6 Å². The number of aryl methyl sites for hydroxylation is 1. The van der Waals surface area contributed by atoms with E-state index in [2.05, 4.69) is 4.90 Å². The second-order valence-corrected chi connectivity index (χ2v) is 5.64. The molecule has 0 heterocycles. The Morgan fingerprint density at radius 3 is 2.14 bits per heavy atom. The summed E-state index contributed by atoms with van der Waals surface area (Å²) in [6, 6.07) is 13.3. The third-order valence-electron chi connectivity index (χ3n) is 3.59. The van der Waals surface area contributed by atoms with Gasteiger partial charge in [-0.2, -0.15) is 13.2 Å². The van der Waals surface area contributed by atoms with Crippen molar-refractivity contribution in [2.45, 2.75) is 19.0 Å². The van der Waals surface area contributed by atoms with Crippen LogP contribution in [0.2, 0.25) is 0 Å². The van der Waals surface area contributed by atoms with E-state index in [4.69, 9.17) is 0 Å². The highest BCUT2D eigenvalue weighted by Crippen LogP contribution is 2.32. The third kappa shape index (κ3) is 4.34. The van der Waals surface area contributed by atoms with E-state index in [-0.39, 0.29) is 0 Å². The summed E-state index contributed by atoms with van der Waals surface area (Å²) in [6.07, 6.45) is -2.36. The Balaban J connectivity index is 2.21. The van der Waals surface area contributed by atoms with Gasteiger partial charge in [0.05, 0.1) is 5.56 Å². The van der Waals surface area contributed by atoms with Gasteiger partial charge in [-0.1, -0.05) is 36.4 Å². The Kier molecular flexibility index (Phi) is 5.24. The summed E-state index contributed by atoms with van der Waals surface area (Å²) in [5.74, 6) is 0. The zero-order valence-electron chi connectivity index (χ0n) is 12.8. The summed E-state index contributed by atoms with van der Waals surface area (Å²) in [5, 5.41) is 0. The van der Waals surface area contributed by atoms with Gasteiger partial charge in [-0.3, -0.25) is 0 Å². The van der Waals surface area contributed by atoms with Crippen molar-refractivity contribution in [2.75, 3.05) is 20.6 Å². The quantitative estimate of drug-likeness (QED) is 0.762. The SMILES string of the molecule is CN(C)CCCc1ccccc1-c1ccc(C(F)(F)F)cc1. The zero-order valence-corrected chi connectivity index (χ0v) is 12.8. The Morgan fingerprint density at radius 2 is 1.55 bits per heavy atom. The minimum absolute atomic E-state index is 0.610. The minimum atomic E-state index is -4.29. The van der Waals surface area contributed by atoms with Crippen molar-refractivity contribution < 1.29 is 13.2 Å². The minimum Gasteiger partial charge on any atom is -0.309 e. The van der Waals surface area contributed by atoms with E-state index in [0.29, 0.717) is 0 Å². The second kappa shape index (κ2) is 6.97. The molecule has 0 aliphatic heterocycles. The summed E-state index contributed by atoms with van der Waals surface area (Å²) < 4.78 is 37.9. The van der Waals surface area contributed by atoms with Crippen LogP contribution in [0.15, 0.2) is 48.5 Å². The molecule has 2 rings (SSSR count). The van der Waals surface area contributed by atoms with Crippen LogP contribution in [0.5, 0.6) is 0 Å². The first-order valence-electron chi connectivity index (χ1n) is 7.28. The fourth-order valence-corrected chi connectivity index (χ4v) is 2.44. The molecular weight excluding hydrogens is 287 g/mol. The summed E-state index contributed by atoms with van der Waals surface area (Å²) in [7, 11) is 4.06.